The third-order valence-corrected chi connectivity index (χ3v) is 2.08. The van der Waals surface area contributed by atoms with Crippen LogP contribution in [0.4, 0.5) is 23.7 Å². The molecule has 0 saturated heterocycles. The minimum absolute atomic E-state index is 0.141. The topological polar surface area (TPSA) is 47.6 Å². The van der Waals surface area contributed by atoms with Crippen molar-refractivity contribution in [2.75, 3.05) is 12.4 Å². The number of methoxy groups -OCH3 is 1. The molecular weight excluding hydrogens is 307 g/mol. The van der Waals surface area contributed by atoms with Crippen LogP contribution in [0, 0.1) is 0 Å². The van der Waals surface area contributed by atoms with Gasteiger partial charge in [-0.15, -0.1) is 13.2 Å². The fourth-order valence-corrected chi connectivity index (χ4v) is 1.31. The summed E-state index contributed by atoms with van der Waals surface area (Å²) in [5.74, 6) is -0.530. The first-order valence-electron chi connectivity index (χ1n) is 4.22. The van der Waals surface area contributed by atoms with E-state index < -0.39 is 18.2 Å². The molecule has 4 nitrogen and oxygen atoms in total. The van der Waals surface area contributed by atoms with Crippen molar-refractivity contribution < 1.29 is 27.4 Å². The van der Waals surface area contributed by atoms with E-state index in [1.807, 2.05) is 0 Å². The number of carbonyl (C=O) groups excluding carboxylic acids is 1. The molecule has 0 aliphatic heterocycles. The lowest BCUT2D eigenvalue weighted by atomic mass is 10.3. The second-order valence-corrected chi connectivity index (χ2v) is 3.72. The summed E-state index contributed by atoms with van der Waals surface area (Å²) in [5.41, 5.74) is -0.141. The molecule has 1 aromatic rings. The number of rotatable bonds is 2. The molecule has 1 amide bonds. The number of anilines is 1. The number of nitrogens with one attached hydrogen (secondary N) is 1. The van der Waals surface area contributed by atoms with Crippen LogP contribution in [0.2, 0.25) is 0 Å². The highest BCUT2D eigenvalue weighted by Crippen LogP contribution is 2.32. The molecule has 0 saturated carbocycles. The van der Waals surface area contributed by atoms with Gasteiger partial charge in [0.1, 0.15) is 0 Å². The maximum Gasteiger partial charge on any atom is 0.573 e. The quantitative estimate of drug-likeness (QED) is 0.908. The number of hydrogen-bond donors (Lipinski definition) is 1. The summed E-state index contributed by atoms with van der Waals surface area (Å²) in [6, 6.07) is 3.79. The lowest BCUT2D eigenvalue weighted by Crippen LogP contribution is -2.19. The number of halogens is 4. The summed E-state index contributed by atoms with van der Waals surface area (Å²) >= 11 is 3.00. The van der Waals surface area contributed by atoms with E-state index in [4.69, 9.17) is 0 Å². The van der Waals surface area contributed by atoms with Crippen LogP contribution in [0.5, 0.6) is 5.75 Å². The van der Waals surface area contributed by atoms with E-state index in [0.717, 1.165) is 13.2 Å². The Balaban J connectivity index is 2.99. The van der Waals surface area contributed by atoms with Gasteiger partial charge in [0.2, 0.25) is 0 Å². The average molecular weight is 314 g/mol. The number of benzene rings is 1. The number of alkyl halides is 3. The van der Waals surface area contributed by atoms with Crippen molar-refractivity contribution in [1.82, 2.24) is 0 Å². The van der Waals surface area contributed by atoms with Crippen molar-refractivity contribution in [3.8, 4) is 5.75 Å². The summed E-state index contributed by atoms with van der Waals surface area (Å²) < 4.78 is 44.7. The predicted molar refractivity (Wildman–Crippen MR) is 56.9 cm³/mol. The Labute approximate surface area is 103 Å². The van der Waals surface area contributed by atoms with Crippen LogP contribution < -0.4 is 10.1 Å². The number of amides is 1. The van der Waals surface area contributed by atoms with Gasteiger partial charge in [0, 0.05) is 4.47 Å². The molecule has 1 aromatic carbocycles. The molecule has 1 rings (SSSR count). The highest BCUT2D eigenvalue weighted by Gasteiger charge is 2.32. The summed E-state index contributed by atoms with van der Waals surface area (Å²) in [6.45, 7) is 0. The Morgan fingerprint density at radius 3 is 2.59 bits per heavy atom. The SMILES string of the molecule is COC(=O)Nc1ccc(Br)cc1OC(F)(F)F. The van der Waals surface area contributed by atoms with E-state index in [1.54, 1.807) is 0 Å². The molecule has 0 heterocycles. The van der Waals surface area contributed by atoms with Gasteiger partial charge < -0.3 is 9.47 Å². The molecular formula is C9H7BrF3NO3. The minimum Gasteiger partial charge on any atom is -0.453 e. The molecule has 1 N–H and O–H groups in total. The van der Waals surface area contributed by atoms with E-state index in [0.29, 0.717) is 4.47 Å². The van der Waals surface area contributed by atoms with E-state index in [9.17, 15) is 18.0 Å². The maximum absolute atomic E-state index is 12.1. The molecule has 17 heavy (non-hydrogen) atoms. The van der Waals surface area contributed by atoms with Gasteiger partial charge in [-0.3, -0.25) is 5.32 Å². The fraction of sp³-hybridized carbons (Fsp3) is 0.222. The second kappa shape index (κ2) is 5.26. The molecule has 0 unspecified atom stereocenters. The van der Waals surface area contributed by atoms with Crippen molar-refractivity contribution in [2.45, 2.75) is 6.36 Å². The monoisotopic (exact) mass is 313 g/mol. The van der Waals surface area contributed by atoms with Crippen molar-refractivity contribution in [2.24, 2.45) is 0 Å². The summed E-state index contributed by atoms with van der Waals surface area (Å²) in [5, 5.41) is 2.10. The Kier molecular flexibility index (Phi) is 4.22. The Morgan fingerprint density at radius 2 is 2.06 bits per heavy atom. The van der Waals surface area contributed by atoms with Crippen molar-refractivity contribution >= 4 is 27.7 Å². The lowest BCUT2D eigenvalue weighted by Gasteiger charge is -2.13. The zero-order valence-electron chi connectivity index (χ0n) is 8.47. The van der Waals surface area contributed by atoms with Crippen LogP contribution in [0.3, 0.4) is 0 Å². The van der Waals surface area contributed by atoms with Gasteiger partial charge in [-0.2, -0.15) is 0 Å². The average Bonchev–Trinajstić information content (AvgIpc) is 2.19. The van der Waals surface area contributed by atoms with E-state index in [-0.39, 0.29) is 5.69 Å². The van der Waals surface area contributed by atoms with Crippen LogP contribution in [0.25, 0.3) is 0 Å². The van der Waals surface area contributed by atoms with E-state index in [2.05, 4.69) is 30.7 Å². The molecule has 0 fully saturated rings. The molecule has 0 spiro atoms. The van der Waals surface area contributed by atoms with E-state index in [1.165, 1.54) is 12.1 Å². The van der Waals surface area contributed by atoms with Gasteiger partial charge in [0.25, 0.3) is 0 Å². The molecule has 0 aliphatic carbocycles. The third kappa shape index (κ3) is 4.51. The largest absolute Gasteiger partial charge is 0.573 e. The Morgan fingerprint density at radius 1 is 1.41 bits per heavy atom. The van der Waals surface area contributed by atoms with Crippen LogP contribution >= 0.6 is 15.9 Å². The molecule has 0 aromatic heterocycles. The van der Waals surface area contributed by atoms with Gasteiger partial charge in [-0.1, -0.05) is 15.9 Å². The van der Waals surface area contributed by atoms with Gasteiger partial charge in [0.05, 0.1) is 12.8 Å². The normalized spacial score (nSPS) is 10.9. The molecule has 0 atom stereocenters. The van der Waals surface area contributed by atoms with Crippen molar-refractivity contribution in [1.29, 1.82) is 0 Å². The zero-order valence-corrected chi connectivity index (χ0v) is 10.1. The van der Waals surface area contributed by atoms with E-state index >= 15 is 0 Å². The zero-order chi connectivity index (χ0) is 13.1. The Bertz CT molecular complexity index is 422. The highest BCUT2D eigenvalue weighted by molar-refractivity contribution is 9.10. The summed E-state index contributed by atoms with van der Waals surface area (Å²) in [6.07, 6.45) is -5.73. The van der Waals surface area contributed by atoms with Crippen molar-refractivity contribution in [3.05, 3.63) is 22.7 Å². The highest BCUT2D eigenvalue weighted by atomic mass is 79.9. The molecule has 0 radical (unpaired) electrons. The standard InChI is InChI=1S/C9H7BrF3NO3/c1-16-8(15)14-6-3-2-5(10)4-7(6)17-9(11,12)13/h2-4H,1H3,(H,14,15). The molecule has 0 aliphatic rings. The molecule has 0 bridgehead atoms. The second-order valence-electron chi connectivity index (χ2n) is 2.80. The Hall–Kier alpha value is -1.44. The number of ether oxygens (including phenoxy) is 2. The predicted octanol–water partition coefficient (Wildman–Crippen LogP) is 3.53. The van der Waals surface area contributed by atoms with Gasteiger partial charge in [-0.05, 0) is 18.2 Å². The number of hydrogen-bond acceptors (Lipinski definition) is 3. The smallest absolute Gasteiger partial charge is 0.453 e. The van der Waals surface area contributed by atoms with Gasteiger partial charge in [0.15, 0.2) is 5.75 Å². The first-order chi connectivity index (χ1) is 7.81. The molecule has 8 heteroatoms. The summed E-state index contributed by atoms with van der Waals surface area (Å²) in [4.78, 5) is 10.9. The first-order valence-corrected chi connectivity index (χ1v) is 5.01. The number of carbonyl (C=O) groups is 1. The molecule has 94 valence electrons. The van der Waals surface area contributed by atoms with Crippen LogP contribution in [0.1, 0.15) is 0 Å². The maximum atomic E-state index is 12.1. The third-order valence-electron chi connectivity index (χ3n) is 1.59. The van der Waals surface area contributed by atoms with Crippen molar-refractivity contribution in [3.63, 3.8) is 0 Å². The lowest BCUT2D eigenvalue weighted by molar-refractivity contribution is -0.274. The van der Waals surface area contributed by atoms with Crippen LogP contribution in [-0.2, 0) is 4.74 Å². The van der Waals surface area contributed by atoms with Gasteiger partial charge >= 0.3 is 12.5 Å². The van der Waals surface area contributed by atoms with Crippen LogP contribution in [-0.4, -0.2) is 19.6 Å². The fourth-order valence-electron chi connectivity index (χ4n) is 0.970. The van der Waals surface area contributed by atoms with Crippen LogP contribution in [0.15, 0.2) is 22.7 Å². The van der Waals surface area contributed by atoms with Gasteiger partial charge in [-0.25, -0.2) is 4.79 Å². The summed E-state index contributed by atoms with van der Waals surface area (Å²) in [7, 11) is 1.10. The minimum atomic E-state index is -4.84. The first kappa shape index (κ1) is 13.6.